The van der Waals surface area contributed by atoms with Gasteiger partial charge in [0.2, 0.25) is 5.91 Å². The van der Waals surface area contributed by atoms with Crippen molar-refractivity contribution in [1.29, 1.82) is 0 Å². The van der Waals surface area contributed by atoms with Crippen molar-refractivity contribution in [1.82, 2.24) is 5.32 Å². The molecule has 0 radical (unpaired) electrons. The van der Waals surface area contributed by atoms with Crippen LogP contribution in [0.1, 0.15) is 46.5 Å². The first kappa shape index (κ1) is 17.0. The molecule has 2 N–H and O–H groups in total. The van der Waals surface area contributed by atoms with E-state index in [1.165, 1.54) is 0 Å². The summed E-state index contributed by atoms with van der Waals surface area (Å²) in [6, 6.07) is -0.825. The number of carbonyl (C=O) groups excluding carboxylic acids is 1. The third kappa shape index (κ3) is 5.90. The lowest BCUT2D eigenvalue weighted by Gasteiger charge is -2.28. The summed E-state index contributed by atoms with van der Waals surface area (Å²) in [5.41, 5.74) is 0. The third-order valence-electron chi connectivity index (χ3n) is 3.66. The average Bonchev–Trinajstić information content (AvgIpc) is 2.35. The molecule has 20 heavy (non-hydrogen) atoms. The lowest BCUT2D eigenvalue weighted by Crippen LogP contribution is -2.48. The van der Waals surface area contributed by atoms with Crippen molar-refractivity contribution in [3.63, 3.8) is 0 Å². The first-order valence-electron chi connectivity index (χ1n) is 7.50. The Labute approximate surface area is 121 Å². The van der Waals surface area contributed by atoms with Gasteiger partial charge in [-0.3, -0.25) is 4.79 Å². The molecule has 1 fully saturated rings. The van der Waals surface area contributed by atoms with Crippen LogP contribution in [0.2, 0.25) is 0 Å². The van der Waals surface area contributed by atoms with Crippen LogP contribution in [0.25, 0.3) is 0 Å². The van der Waals surface area contributed by atoms with Crippen LogP contribution in [-0.2, 0) is 14.3 Å². The summed E-state index contributed by atoms with van der Waals surface area (Å²) >= 11 is 0. The van der Waals surface area contributed by atoms with E-state index in [4.69, 9.17) is 4.74 Å². The van der Waals surface area contributed by atoms with Crippen molar-refractivity contribution in [3.05, 3.63) is 0 Å². The summed E-state index contributed by atoms with van der Waals surface area (Å²) in [7, 11) is 0. The number of hydrogen-bond acceptors (Lipinski definition) is 3. The fraction of sp³-hybridized carbons (Fsp3) is 0.867. The van der Waals surface area contributed by atoms with E-state index in [0.717, 1.165) is 19.3 Å². The molecule has 5 heteroatoms. The van der Waals surface area contributed by atoms with Crippen LogP contribution >= 0.6 is 0 Å². The SMILES string of the molecule is CC(C)CC(C)CC(=O)NC(C(=O)O)C1CCCOC1. The number of amides is 1. The van der Waals surface area contributed by atoms with E-state index in [1.54, 1.807) is 0 Å². The zero-order chi connectivity index (χ0) is 15.1. The van der Waals surface area contributed by atoms with Gasteiger partial charge in [-0.1, -0.05) is 20.8 Å². The average molecular weight is 285 g/mol. The first-order valence-corrected chi connectivity index (χ1v) is 7.50. The minimum Gasteiger partial charge on any atom is -0.480 e. The van der Waals surface area contributed by atoms with E-state index in [0.29, 0.717) is 25.6 Å². The molecule has 1 aliphatic rings. The molecule has 1 aliphatic heterocycles. The monoisotopic (exact) mass is 285 g/mol. The molecule has 0 aromatic rings. The Hall–Kier alpha value is -1.10. The van der Waals surface area contributed by atoms with E-state index < -0.39 is 12.0 Å². The smallest absolute Gasteiger partial charge is 0.326 e. The van der Waals surface area contributed by atoms with Crippen LogP contribution in [-0.4, -0.2) is 36.2 Å². The number of rotatable bonds is 7. The third-order valence-corrected chi connectivity index (χ3v) is 3.66. The van der Waals surface area contributed by atoms with E-state index in [2.05, 4.69) is 19.2 Å². The molecule has 0 aromatic carbocycles. The Morgan fingerprint density at radius 1 is 1.35 bits per heavy atom. The van der Waals surface area contributed by atoms with Gasteiger partial charge in [-0.25, -0.2) is 4.79 Å². The highest BCUT2D eigenvalue weighted by atomic mass is 16.5. The molecular weight excluding hydrogens is 258 g/mol. The maximum Gasteiger partial charge on any atom is 0.326 e. The van der Waals surface area contributed by atoms with Gasteiger partial charge in [-0.2, -0.15) is 0 Å². The van der Waals surface area contributed by atoms with Crippen LogP contribution < -0.4 is 5.32 Å². The summed E-state index contributed by atoms with van der Waals surface area (Å²) in [6.45, 7) is 7.36. The predicted octanol–water partition coefficient (Wildman–Crippen LogP) is 2.05. The standard InChI is InChI=1S/C15H27NO4/c1-10(2)7-11(3)8-13(17)16-14(15(18)19)12-5-4-6-20-9-12/h10-12,14H,4-9H2,1-3H3,(H,16,17)(H,18,19). The number of nitrogens with one attached hydrogen (secondary N) is 1. The zero-order valence-corrected chi connectivity index (χ0v) is 12.7. The molecule has 1 heterocycles. The van der Waals surface area contributed by atoms with Gasteiger partial charge in [0.15, 0.2) is 0 Å². The van der Waals surface area contributed by atoms with Crippen molar-refractivity contribution in [3.8, 4) is 0 Å². The number of ether oxygens (including phenoxy) is 1. The second-order valence-electron chi connectivity index (χ2n) is 6.30. The van der Waals surface area contributed by atoms with E-state index in [1.807, 2.05) is 6.92 Å². The molecule has 116 valence electrons. The van der Waals surface area contributed by atoms with Crippen LogP contribution in [0.4, 0.5) is 0 Å². The maximum absolute atomic E-state index is 12.0. The Bertz CT molecular complexity index is 324. The lowest BCUT2D eigenvalue weighted by atomic mass is 9.92. The van der Waals surface area contributed by atoms with Crippen LogP contribution in [0.5, 0.6) is 0 Å². The van der Waals surface area contributed by atoms with Crippen molar-refractivity contribution in [2.45, 2.75) is 52.5 Å². The largest absolute Gasteiger partial charge is 0.480 e. The second-order valence-corrected chi connectivity index (χ2v) is 6.30. The second kappa shape index (κ2) is 8.25. The summed E-state index contributed by atoms with van der Waals surface area (Å²) in [5, 5.41) is 12.0. The molecule has 0 saturated carbocycles. The topological polar surface area (TPSA) is 75.6 Å². The maximum atomic E-state index is 12.0. The van der Waals surface area contributed by atoms with E-state index in [9.17, 15) is 14.7 Å². The van der Waals surface area contributed by atoms with Gasteiger partial charge in [0.1, 0.15) is 6.04 Å². The number of carbonyl (C=O) groups is 2. The summed E-state index contributed by atoms with van der Waals surface area (Å²) in [6.07, 6.45) is 3.00. The van der Waals surface area contributed by atoms with Crippen LogP contribution in [0.3, 0.4) is 0 Å². The summed E-state index contributed by atoms with van der Waals surface area (Å²) in [4.78, 5) is 23.3. The molecule has 0 aliphatic carbocycles. The Balaban J connectivity index is 2.48. The predicted molar refractivity (Wildman–Crippen MR) is 76.3 cm³/mol. The molecule has 5 nitrogen and oxygen atoms in total. The number of hydrogen-bond donors (Lipinski definition) is 2. The molecule has 0 spiro atoms. The molecule has 1 saturated heterocycles. The quantitative estimate of drug-likeness (QED) is 0.750. The molecule has 3 unspecified atom stereocenters. The molecule has 1 amide bonds. The van der Waals surface area contributed by atoms with Crippen molar-refractivity contribution in [2.24, 2.45) is 17.8 Å². The molecule has 3 atom stereocenters. The Morgan fingerprint density at radius 2 is 2.05 bits per heavy atom. The van der Waals surface area contributed by atoms with E-state index >= 15 is 0 Å². The van der Waals surface area contributed by atoms with Gasteiger partial charge < -0.3 is 15.2 Å². The van der Waals surface area contributed by atoms with Crippen LogP contribution in [0.15, 0.2) is 0 Å². The highest BCUT2D eigenvalue weighted by Gasteiger charge is 2.31. The highest BCUT2D eigenvalue weighted by molar-refractivity contribution is 5.83. The number of carboxylic acids is 1. The Kier molecular flexibility index (Phi) is 6.99. The normalized spacial score (nSPS) is 22.3. The first-order chi connectivity index (χ1) is 9.40. The van der Waals surface area contributed by atoms with Gasteiger partial charge in [0.25, 0.3) is 0 Å². The van der Waals surface area contributed by atoms with Crippen molar-refractivity contribution in [2.75, 3.05) is 13.2 Å². The van der Waals surface area contributed by atoms with Gasteiger partial charge >= 0.3 is 5.97 Å². The van der Waals surface area contributed by atoms with Crippen molar-refractivity contribution >= 4 is 11.9 Å². The fourth-order valence-corrected chi connectivity index (χ4v) is 2.85. The number of aliphatic carboxylic acids is 1. The van der Waals surface area contributed by atoms with Gasteiger partial charge in [0, 0.05) is 18.9 Å². The Morgan fingerprint density at radius 3 is 2.55 bits per heavy atom. The zero-order valence-electron chi connectivity index (χ0n) is 12.7. The van der Waals surface area contributed by atoms with Crippen molar-refractivity contribution < 1.29 is 19.4 Å². The minimum absolute atomic E-state index is 0.120. The van der Waals surface area contributed by atoms with Gasteiger partial charge in [-0.15, -0.1) is 0 Å². The van der Waals surface area contributed by atoms with Gasteiger partial charge in [0.05, 0.1) is 6.61 Å². The molecular formula is C15H27NO4. The summed E-state index contributed by atoms with van der Waals surface area (Å²) < 4.78 is 5.31. The molecule has 0 bridgehead atoms. The van der Waals surface area contributed by atoms with Crippen LogP contribution in [0, 0.1) is 17.8 Å². The highest BCUT2D eigenvalue weighted by Crippen LogP contribution is 2.19. The van der Waals surface area contributed by atoms with Gasteiger partial charge in [-0.05, 0) is 31.1 Å². The summed E-state index contributed by atoms with van der Waals surface area (Å²) in [5.74, 6) is -0.445. The molecule has 1 rings (SSSR count). The van der Waals surface area contributed by atoms with E-state index in [-0.39, 0.29) is 17.7 Å². The molecule has 0 aromatic heterocycles. The minimum atomic E-state index is -0.967. The number of carboxylic acid groups (broad SMARTS) is 1. The fourth-order valence-electron chi connectivity index (χ4n) is 2.85. The lowest BCUT2D eigenvalue weighted by molar-refractivity contribution is -0.145.